The van der Waals surface area contributed by atoms with Crippen molar-refractivity contribution >= 4 is 33.5 Å². The van der Waals surface area contributed by atoms with Gasteiger partial charge in [0, 0.05) is 10.6 Å². The van der Waals surface area contributed by atoms with Gasteiger partial charge in [-0.2, -0.15) is 0 Å². The predicted molar refractivity (Wildman–Crippen MR) is 72.4 cm³/mol. The minimum atomic E-state index is 0.339. The normalized spacial score (nSPS) is 10.6. The van der Waals surface area contributed by atoms with Gasteiger partial charge in [-0.3, -0.25) is 0 Å². The van der Waals surface area contributed by atoms with Crippen LogP contribution in [0.15, 0.2) is 16.7 Å². The number of ether oxygens (including phenoxy) is 1. The van der Waals surface area contributed by atoms with Gasteiger partial charge in [0.2, 0.25) is 0 Å². The molecule has 17 heavy (non-hydrogen) atoms. The highest BCUT2D eigenvalue weighted by molar-refractivity contribution is 9.10. The number of rotatable bonds is 2. The van der Waals surface area contributed by atoms with Crippen LogP contribution in [0.5, 0.6) is 5.75 Å². The number of hydrogen-bond acceptors (Lipinski definition) is 3. The van der Waals surface area contributed by atoms with E-state index in [0.29, 0.717) is 21.3 Å². The fourth-order valence-electron chi connectivity index (χ4n) is 1.72. The quantitative estimate of drug-likeness (QED) is 0.892. The Balaban J connectivity index is 2.69. The van der Waals surface area contributed by atoms with Gasteiger partial charge in [0.05, 0.1) is 7.11 Å². The molecule has 90 valence electrons. The Bertz CT molecular complexity index is 568. The van der Waals surface area contributed by atoms with E-state index in [1.165, 1.54) is 0 Å². The molecule has 0 aliphatic heterocycles. The van der Waals surface area contributed by atoms with Crippen LogP contribution < -0.4 is 10.5 Å². The van der Waals surface area contributed by atoms with Crippen molar-refractivity contribution in [2.24, 2.45) is 0 Å². The van der Waals surface area contributed by atoms with Crippen molar-refractivity contribution in [3.8, 4) is 17.0 Å². The number of halogens is 2. The molecule has 1 aromatic heterocycles. The molecule has 0 bridgehead atoms. The number of aromatic nitrogens is 2. The molecule has 0 saturated carbocycles. The highest BCUT2D eigenvalue weighted by atomic mass is 79.9. The molecule has 0 atom stereocenters. The lowest BCUT2D eigenvalue weighted by atomic mass is 10.1. The number of nitrogen functional groups attached to an aromatic ring is 1. The van der Waals surface area contributed by atoms with Crippen molar-refractivity contribution < 1.29 is 4.74 Å². The van der Waals surface area contributed by atoms with Crippen LogP contribution in [0.4, 0.5) is 5.95 Å². The molecule has 0 aliphatic carbocycles. The van der Waals surface area contributed by atoms with E-state index in [9.17, 15) is 0 Å². The number of H-pyrrole nitrogens is 1. The van der Waals surface area contributed by atoms with E-state index >= 15 is 0 Å². The van der Waals surface area contributed by atoms with Gasteiger partial charge >= 0.3 is 0 Å². The summed E-state index contributed by atoms with van der Waals surface area (Å²) < 4.78 is 6.08. The van der Waals surface area contributed by atoms with Gasteiger partial charge in [0.1, 0.15) is 16.0 Å². The van der Waals surface area contributed by atoms with Crippen LogP contribution in [0, 0.1) is 6.92 Å². The number of nitrogens with two attached hydrogens (primary N) is 1. The first-order valence-electron chi connectivity index (χ1n) is 4.88. The van der Waals surface area contributed by atoms with Crippen molar-refractivity contribution in [2.45, 2.75) is 6.92 Å². The maximum atomic E-state index is 6.05. The van der Waals surface area contributed by atoms with E-state index in [1.54, 1.807) is 13.2 Å². The Labute approximate surface area is 112 Å². The molecule has 0 saturated heterocycles. The zero-order chi connectivity index (χ0) is 12.6. The van der Waals surface area contributed by atoms with Gasteiger partial charge < -0.3 is 15.5 Å². The number of nitrogens with zero attached hydrogens (tertiary/aromatic N) is 1. The Morgan fingerprint density at radius 3 is 2.71 bits per heavy atom. The van der Waals surface area contributed by atoms with Crippen LogP contribution in [-0.2, 0) is 0 Å². The van der Waals surface area contributed by atoms with E-state index in [2.05, 4.69) is 25.9 Å². The number of anilines is 1. The van der Waals surface area contributed by atoms with Crippen LogP contribution in [-0.4, -0.2) is 17.1 Å². The van der Waals surface area contributed by atoms with Gasteiger partial charge in [-0.15, -0.1) is 0 Å². The van der Waals surface area contributed by atoms with Crippen molar-refractivity contribution in [3.63, 3.8) is 0 Å². The van der Waals surface area contributed by atoms with Crippen molar-refractivity contribution in [1.82, 2.24) is 9.97 Å². The standard InChI is InChI=1S/C11H11BrClN3O/c1-5-3-6(13)4-7(9(5)17-2)8-10(12)16-11(14)15-8/h3-4H,1-2H3,(H3,14,15,16). The Morgan fingerprint density at radius 2 is 2.18 bits per heavy atom. The zero-order valence-corrected chi connectivity index (χ0v) is 11.7. The summed E-state index contributed by atoms with van der Waals surface area (Å²) in [6, 6.07) is 3.64. The lowest BCUT2D eigenvalue weighted by Crippen LogP contribution is -1.93. The van der Waals surface area contributed by atoms with E-state index in [4.69, 9.17) is 22.1 Å². The molecule has 2 aromatic rings. The van der Waals surface area contributed by atoms with Crippen LogP contribution in [0.2, 0.25) is 5.02 Å². The molecule has 1 aromatic carbocycles. The van der Waals surface area contributed by atoms with Gasteiger partial charge in [-0.25, -0.2) is 4.98 Å². The summed E-state index contributed by atoms with van der Waals surface area (Å²) in [4.78, 5) is 7.09. The second-order valence-electron chi connectivity index (χ2n) is 3.59. The molecule has 3 N–H and O–H groups in total. The number of nitrogens with one attached hydrogen (secondary N) is 1. The minimum absolute atomic E-state index is 0.339. The summed E-state index contributed by atoms with van der Waals surface area (Å²) in [5.41, 5.74) is 8.05. The lowest BCUT2D eigenvalue weighted by Gasteiger charge is -2.10. The molecular formula is C11H11BrClN3O. The third-order valence-electron chi connectivity index (χ3n) is 2.38. The van der Waals surface area contributed by atoms with E-state index < -0.39 is 0 Å². The van der Waals surface area contributed by atoms with Crippen molar-refractivity contribution in [1.29, 1.82) is 0 Å². The fourth-order valence-corrected chi connectivity index (χ4v) is 2.50. The van der Waals surface area contributed by atoms with Gasteiger partial charge in [0.25, 0.3) is 0 Å². The number of hydrogen-bond donors (Lipinski definition) is 2. The Kier molecular flexibility index (Phi) is 3.31. The molecule has 0 radical (unpaired) electrons. The lowest BCUT2D eigenvalue weighted by molar-refractivity contribution is 0.413. The second kappa shape index (κ2) is 4.58. The average Bonchev–Trinajstić information content (AvgIpc) is 2.56. The average molecular weight is 317 g/mol. The van der Waals surface area contributed by atoms with Gasteiger partial charge in [0.15, 0.2) is 5.95 Å². The minimum Gasteiger partial charge on any atom is -0.496 e. The maximum absolute atomic E-state index is 6.05. The van der Waals surface area contributed by atoms with Gasteiger partial charge in [-0.1, -0.05) is 11.6 Å². The van der Waals surface area contributed by atoms with Crippen molar-refractivity contribution in [2.75, 3.05) is 12.8 Å². The molecule has 0 spiro atoms. The summed E-state index contributed by atoms with van der Waals surface area (Å²) in [6.07, 6.45) is 0. The molecule has 1 heterocycles. The van der Waals surface area contributed by atoms with Crippen LogP contribution in [0.1, 0.15) is 5.56 Å². The van der Waals surface area contributed by atoms with Crippen LogP contribution >= 0.6 is 27.5 Å². The SMILES string of the molecule is COc1c(C)cc(Cl)cc1-c1nc(N)[nH]c1Br. The first-order valence-corrected chi connectivity index (χ1v) is 6.05. The van der Waals surface area contributed by atoms with Gasteiger partial charge in [-0.05, 0) is 40.5 Å². The van der Waals surface area contributed by atoms with Crippen LogP contribution in [0.3, 0.4) is 0 Å². The third-order valence-corrected chi connectivity index (χ3v) is 3.17. The second-order valence-corrected chi connectivity index (χ2v) is 4.82. The highest BCUT2D eigenvalue weighted by Gasteiger charge is 2.16. The highest BCUT2D eigenvalue weighted by Crippen LogP contribution is 2.38. The largest absolute Gasteiger partial charge is 0.496 e. The zero-order valence-electron chi connectivity index (χ0n) is 9.34. The smallest absolute Gasteiger partial charge is 0.198 e. The van der Waals surface area contributed by atoms with Crippen molar-refractivity contribution in [3.05, 3.63) is 27.3 Å². The third kappa shape index (κ3) is 2.25. The van der Waals surface area contributed by atoms with Crippen LogP contribution in [0.25, 0.3) is 11.3 Å². The van der Waals surface area contributed by atoms with E-state index in [1.807, 2.05) is 13.0 Å². The summed E-state index contributed by atoms with van der Waals surface area (Å²) >= 11 is 9.42. The first-order chi connectivity index (χ1) is 8.02. The Hall–Kier alpha value is -1.20. The molecule has 6 heteroatoms. The predicted octanol–water partition coefficient (Wildman–Crippen LogP) is 3.39. The molecular weight excluding hydrogens is 305 g/mol. The Morgan fingerprint density at radius 1 is 1.47 bits per heavy atom. The number of methoxy groups -OCH3 is 1. The van der Waals surface area contributed by atoms with E-state index in [-0.39, 0.29) is 0 Å². The number of aryl methyl sites for hydroxylation is 1. The molecule has 4 nitrogen and oxygen atoms in total. The summed E-state index contributed by atoms with van der Waals surface area (Å²) in [5.74, 6) is 1.08. The number of benzene rings is 1. The summed E-state index contributed by atoms with van der Waals surface area (Å²) in [5, 5.41) is 0.631. The fraction of sp³-hybridized carbons (Fsp3) is 0.182. The first kappa shape index (κ1) is 12.3. The van der Waals surface area contributed by atoms with E-state index in [0.717, 1.165) is 16.9 Å². The molecule has 0 amide bonds. The molecule has 0 fully saturated rings. The number of imidazole rings is 1. The topological polar surface area (TPSA) is 63.9 Å². The monoisotopic (exact) mass is 315 g/mol. The molecule has 2 rings (SSSR count). The molecule has 0 unspecified atom stereocenters. The maximum Gasteiger partial charge on any atom is 0.198 e. The number of aromatic amines is 1. The summed E-state index contributed by atoms with van der Waals surface area (Å²) in [6.45, 7) is 1.93. The summed E-state index contributed by atoms with van der Waals surface area (Å²) in [7, 11) is 1.61. The molecule has 0 aliphatic rings.